The van der Waals surface area contributed by atoms with E-state index < -0.39 is 28.4 Å². The van der Waals surface area contributed by atoms with Gasteiger partial charge >= 0.3 is 12.3 Å². The van der Waals surface area contributed by atoms with Crippen LogP contribution in [0, 0.1) is 20.2 Å². The first-order valence-corrected chi connectivity index (χ1v) is 7.50. The summed E-state index contributed by atoms with van der Waals surface area (Å²) >= 11 is 0. The van der Waals surface area contributed by atoms with Gasteiger partial charge in [-0.05, 0) is 24.3 Å². The summed E-state index contributed by atoms with van der Waals surface area (Å²) in [4.78, 5) is 43.1. The van der Waals surface area contributed by atoms with Crippen LogP contribution in [0.4, 0.5) is 21.0 Å². The Morgan fingerprint density at radius 3 is 1.36 bits per heavy atom. The van der Waals surface area contributed by atoms with E-state index in [0.29, 0.717) is 0 Å². The Hall–Kier alpha value is -4.22. The molecule has 2 aromatic rings. The zero-order valence-corrected chi connectivity index (χ0v) is 14.2. The van der Waals surface area contributed by atoms with Gasteiger partial charge in [0.15, 0.2) is 0 Å². The van der Waals surface area contributed by atoms with Crippen LogP contribution >= 0.6 is 0 Å². The number of hydrogen-bond acceptors (Lipinski definition) is 10. The fraction of sp³-hybridized carbons (Fsp3) is 0.125. The Balaban J connectivity index is 1.80. The molecule has 146 valence electrons. The van der Waals surface area contributed by atoms with E-state index >= 15 is 0 Å². The van der Waals surface area contributed by atoms with Gasteiger partial charge in [0.2, 0.25) is 0 Å². The summed E-state index contributed by atoms with van der Waals surface area (Å²) < 4.78 is 18.9. The average molecular weight is 392 g/mol. The molecule has 0 aliphatic heterocycles. The van der Waals surface area contributed by atoms with E-state index in [1.54, 1.807) is 0 Å². The number of non-ortho nitro benzene ring substituents is 2. The number of nitro benzene ring substituents is 2. The number of nitro groups is 2. The van der Waals surface area contributed by atoms with Crippen molar-refractivity contribution in [3.05, 3.63) is 68.8 Å². The fourth-order valence-electron chi connectivity index (χ4n) is 1.81. The molecule has 0 aromatic heterocycles. The molecule has 0 aliphatic carbocycles. The van der Waals surface area contributed by atoms with Crippen LogP contribution in [0.1, 0.15) is 6.92 Å². The minimum absolute atomic E-state index is 0.0174. The van der Waals surface area contributed by atoms with Gasteiger partial charge in [0.05, 0.1) is 9.85 Å². The summed E-state index contributed by atoms with van der Waals surface area (Å²) in [6, 6.07) is 9.27. The highest BCUT2D eigenvalue weighted by molar-refractivity contribution is 5.66. The number of carbonyl (C=O) groups is 2. The van der Waals surface area contributed by atoms with Crippen molar-refractivity contribution in [3.8, 4) is 11.5 Å². The van der Waals surface area contributed by atoms with Crippen LogP contribution in [0.25, 0.3) is 0 Å². The second kappa shape index (κ2) is 8.93. The second-order valence-corrected chi connectivity index (χ2v) is 5.01. The molecule has 0 unspecified atom stereocenters. The van der Waals surface area contributed by atoms with Crippen molar-refractivity contribution in [3.63, 3.8) is 0 Å². The van der Waals surface area contributed by atoms with Crippen LogP contribution < -0.4 is 9.47 Å². The average Bonchev–Trinajstić information content (AvgIpc) is 2.62. The quantitative estimate of drug-likeness (QED) is 0.234. The van der Waals surface area contributed by atoms with E-state index in [0.717, 1.165) is 24.3 Å². The van der Waals surface area contributed by atoms with Gasteiger partial charge in [0.1, 0.15) is 11.5 Å². The molecule has 2 rings (SSSR count). The molecule has 0 N–H and O–H groups in total. The zero-order valence-electron chi connectivity index (χ0n) is 14.2. The maximum absolute atomic E-state index is 11.6. The standard InChI is InChI=1S/C16H12N2O10/c1-10(25-15(19)27-13-6-2-11(3-7-13)17(21)22)26-16(20)28-14-8-4-12(5-9-14)18(23)24/h2-10H,1H3. The predicted octanol–water partition coefficient (Wildman–Crippen LogP) is 3.58. The van der Waals surface area contributed by atoms with Gasteiger partial charge in [-0.1, -0.05) is 0 Å². The molecule has 0 fully saturated rings. The molecular formula is C16H12N2O10. The smallest absolute Gasteiger partial charge is 0.395 e. The summed E-state index contributed by atoms with van der Waals surface area (Å²) in [7, 11) is 0. The van der Waals surface area contributed by atoms with E-state index in [2.05, 4.69) is 9.47 Å². The number of hydrogen-bond donors (Lipinski definition) is 0. The van der Waals surface area contributed by atoms with E-state index in [4.69, 9.17) is 9.47 Å². The molecule has 0 spiro atoms. The molecule has 0 heterocycles. The maximum Gasteiger partial charge on any atom is 0.516 e. The Labute approximate surface area is 156 Å². The predicted molar refractivity (Wildman–Crippen MR) is 89.9 cm³/mol. The topological polar surface area (TPSA) is 157 Å². The SMILES string of the molecule is CC(OC(=O)Oc1ccc([N+](=O)[O-])cc1)OC(=O)Oc1ccc([N+](=O)[O-])cc1. The lowest BCUT2D eigenvalue weighted by molar-refractivity contribution is -0.385. The summed E-state index contributed by atoms with van der Waals surface area (Å²) in [5.74, 6) is -0.0347. The monoisotopic (exact) mass is 392 g/mol. The van der Waals surface area contributed by atoms with Gasteiger partial charge in [0, 0.05) is 31.2 Å². The van der Waals surface area contributed by atoms with Crippen molar-refractivity contribution < 1.29 is 38.4 Å². The Morgan fingerprint density at radius 2 is 1.07 bits per heavy atom. The molecule has 0 atom stereocenters. The third kappa shape index (κ3) is 5.94. The number of nitrogens with zero attached hydrogens (tertiary/aromatic N) is 2. The molecule has 0 saturated carbocycles. The van der Waals surface area contributed by atoms with Gasteiger partial charge in [0.25, 0.3) is 17.7 Å². The lowest BCUT2D eigenvalue weighted by Gasteiger charge is -2.13. The molecule has 0 amide bonds. The minimum Gasteiger partial charge on any atom is -0.395 e. The van der Waals surface area contributed by atoms with Crippen LogP contribution in [0.3, 0.4) is 0 Å². The van der Waals surface area contributed by atoms with Crippen LogP contribution in [-0.2, 0) is 9.47 Å². The zero-order chi connectivity index (χ0) is 20.7. The molecule has 0 radical (unpaired) electrons. The Morgan fingerprint density at radius 1 is 0.750 bits per heavy atom. The lowest BCUT2D eigenvalue weighted by Crippen LogP contribution is -2.25. The number of benzene rings is 2. The first-order chi connectivity index (χ1) is 13.2. The van der Waals surface area contributed by atoms with Crippen molar-refractivity contribution in [2.75, 3.05) is 0 Å². The molecule has 2 aromatic carbocycles. The van der Waals surface area contributed by atoms with Crippen molar-refractivity contribution in [1.82, 2.24) is 0 Å². The summed E-state index contributed by atoms with van der Waals surface area (Å²) in [5.41, 5.74) is -0.377. The highest BCUT2D eigenvalue weighted by Crippen LogP contribution is 2.19. The van der Waals surface area contributed by atoms with E-state index in [1.165, 1.54) is 31.2 Å². The van der Waals surface area contributed by atoms with Crippen molar-refractivity contribution >= 4 is 23.7 Å². The second-order valence-electron chi connectivity index (χ2n) is 5.01. The Bertz CT molecular complexity index is 806. The van der Waals surface area contributed by atoms with E-state index in [9.17, 15) is 29.8 Å². The molecule has 0 saturated heterocycles. The molecule has 0 aliphatic rings. The fourth-order valence-corrected chi connectivity index (χ4v) is 1.81. The molecule has 0 bridgehead atoms. The van der Waals surface area contributed by atoms with Gasteiger partial charge in [-0.3, -0.25) is 20.2 Å². The number of ether oxygens (including phenoxy) is 4. The van der Waals surface area contributed by atoms with E-state index in [1.807, 2.05) is 0 Å². The summed E-state index contributed by atoms with van der Waals surface area (Å²) in [5, 5.41) is 21.1. The third-order valence-corrected chi connectivity index (χ3v) is 3.02. The minimum atomic E-state index is -1.38. The molecule has 28 heavy (non-hydrogen) atoms. The van der Waals surface area contributed by atoms with Gasteiger partial charge in [-0.2, -0.15) is 0 Å². The van der Waals surface area contributed by atoms with Crippen LogP contribution in [0.2, 0.25) is 0 Å². The van der Waals surface area contributed by atoms with Gasteiger partial charge in [-0.15, -0.1) is 0 Å². The van der Waals surface area contributed by atoms with Crippen LogP contribution in [-0.4, -0.2) is 28.4 Å². The third-order valence-electron chi connectivity index (χ3n) is 3.02. The highest BCUT2D eigenvalue weighted by atomic mass is 16.8. The van der Waals surface area contributed by atoms with Gasteiger partial charge in [-0.25, -0.2) is 9.59 Å². The highest BCUT2D eigenvalue weighted by Gasteiger charge is 2.18. The number of carbonyl (C=O) groups excluding carboxylic acids is 2. The summed E-state index contributed by atoms with van der Waals surface area (Å²) in [6.07, 6.45) is -3.81. The van der Waals surface area contributed by atoms with Crippen LogP contribution in [0.5, 0.6) is 11.5 Å². The lowest BCUT2D eigenvalue weighted by atomic mass is 10.3. The molecule has 12 heteroatoms. The van der Waals surface area contributed by atoms with Gasteiger partial charge < -0.3 is 18.9 Å². The normalized spacial score (nSPS) is 10.1. The van der Waals surface area contributed by atoms with E-state index in [-0.39, 0.29) is 22.9 Å². The maximum atomic E-state index is 11.6. The first-order valence-electron chi connectivity index (χ1n) is 7.50. The van der Waals surface area contributed by atoms with Crippen molar-refractivity contribution in [1.29, 1.82) is 0 Å². The Kier molecular flexibility index (Phi) is 6.41. The van der Waals surface area contributed by atoms with Crippen molar-refractivity contribution in [2.24, 2.45) is 0 Å². The molecular weight excluding hydrogens is 380 g/mol. The van der Waals surface area contributed by atoms with Crippen LogP contribution in [0.15, 0.2) is 48.5 Å². The first kappa shape index (κ1) is 20.1. The van der Waals surface area contributed by atoms with Crippen molar-refractivity contribution in [2.45, 2.75) is 13.2 Å². The largest absolute Gasteiger partial charge is 0.516 e. The molecule has 12 nitrogen and oxygen atoms in total. The number of rotatable bonds is 6. The summed E-state index contributed by atoms with van der Waals surface area (Å²) in [6.45, 7) is 1.22.